The van der Waals surface area contributed by atoms with E-state index in [0.717, 1.165) is 6.07 Å². The van der Waals surface area contributed by atoms with Gasteiger partial charge in [-0.1, -0.05) is 29.3 Å². The zero-order valence-corrected chi connectivity index (χ0v) is 11.6. The summed E-state index contributed by atoms with van der Waals surface area (Å²) >= 11 is 11.9. The van der Waals surface area contributed by atoms with Crippen molar-refractivity contribution in [1.82, 2.24) is 0 Å². The van der Waals surface area contributed by atoms with E-state index in [1.54, 1.807) is 18.2 Å². The Morgan fingerprint density at radius 1 is 1.20 bits per heavy atom. The minimum absolute atomic E-state index is 0.0121. The van der Waals surface area contributed by atoms with Crippen molar-refractivity contribution < 1.29 is 19.0 Å². The zero-order chi connectivity index (χ0) is 14.7. The van der Waals surface area contributed by atoms with Gasteiger partial charge in [-0.25, -0.2) is 9.18 Å². The molecule has 0 heterocycles. The third-order valence-corrected chi connectivity index (χ3v) is 3.32. The lowest BCUT2D eigenvalue weighted by atomic mass is 10.2. The number of carbonyl (C=O) groups is 1. The van der Waals surface area contributed by atoms with Crippen molar-refractivity contribution in [1.29, 1.82) is 0 Å². The number of hydrogen-bond donors (Lipinski definition) is 1. The first-order valence-electron chi connectivity index (χ1n) is 5.57. The summed E-state index contributed by atoms with van der Waals surface area (Å²) in [7, 11) is 0. The molecule has 0 amide bonds. The lowest BCUT2D eigenvalue weighted by Gasteiger charge is -2.10. The second-order valence-corrected chi connectivity index (χ2v) is 4.75. The van der Waals surface area contributed by atoms with Crippen LogP contribution in [-0.4, -0.2) is 11.1 Å². The molecule has 0 aliphatic rings. The first-order valence-corrected chi connectivity index (χ1v) is 6.33. The van der Waals surface area contributed by atoms with E-state index in [2.05, 4.69) is 0 Å². The lowest BCUT2D eigenvalue weighted by molar-refractivity contribution is 0.0696. The molecule has 0 unspecified atom stereocenters. The summed E-state index contributed by atoms with van der Waals surface area (Å²) in [6, 6.07) is 8.40. The van der Waals surface area contributed by atoms with Gasteiger partial charge in [-0.2, -0.15) is 0 Å². The SMILES string of the molecule is O=C(O)c1ccc(OCc2c(Cl)cccc2Cl)c(F)c1. The van der Waals surface area contributed by atoms with Crippen LogP contribution in [0.4, 0.5) is 4.39 Å². The zero-order valence-electron chi connectivity index (χ0n) is 10.1. The number of hydrogen-bond acceptors (Lipinski definition) is 2. The summed E-state index contributed by atoms with van der Waals surface area (Å²) in [5.74, 6) is -2.02. The van der Waals surface area contributed by atoms with Gasteiger partial charge in [0.25, 0.3) is 0 Å². The van der Waals surface area contributed by atoms with Gasteiger partial charge in [0.05, 0.1) is 5.56 Å². The fourth-order valence-corrected chi connectivity index (χ4v) is 2.08. The number of ether oxygens (including phenoxy) is 1. The van der Waals surface area contributed by atoms with Crippen LogP contribution in [0.1, 0.15) is 15.9 Å². The molecule has 2 rings (SSSR count). The molecule has 0 saturated heterocycles. The van der Waals surface area contributed by atoms with E-state index in [1.807, 2.05) is 0 Å². The molecule has 104 valence electrons. The molecule has 6 heteroatoms. The Balaban J connectivity index is 2.17. The van der Waals surface area contributed by atoms with Crippen molar-refractivity contribution in [3.05, 3.63) is 63.4 Å². The summed E-state index contributed by atoms with van der Waals surface area (Å²) in [6.07, 6.45) is 0. The Hall–Kier alpha value is -1.78. The van der Waals surface area contributed by atoms with Crippen molar-refractivity contribution >= 4 is 29.2 Å². The first-order chi connectivity index (χ1) is 9.49. The predicted octanol–water partition coefficient (Wildman–Crippen LogP) is 4.41. The van der Waals surface area contributed by atoms with Crippen LogP contribution in [0.3, 0.4) is 0 Å². The normalized spacial score (nSPS) is 10.3. The van der Waals surface area contributed by atoms with Crippen LogP contribution in [-0.2, 0) is 6.61 Å². The van der Waals surface area contributed by atoms with E-state index < -0.39 is 11.8 Å². The topological polar surface area (TPSA) is 46.5 Å². The number of aromatic carboxylic acids is 1. The second kappa shape index (κ2) is 6.11. The van der Waals surface area contributed by atoms with Crippen molar-refractivity contribution in [3.63, 3.8) is 0 Å². The number of halogens is 3. The number of carboxylic acid groups (broad SMARTS) is 1. The number of rotatable bonds is 4. The average Bonchev–Trinajstić information content (AvgIpc) is 2.39. The molecular formula is C14H9Cl2FO3. The standard InChI is InChI=1S/C14H9Cl2FO3/c15-10-2-1-3-11(16)9(10)7-20-13-5-4-8(14(18)19)6-12(13)17/h1-6H,7H2,(H,18,19). The largest absolute Gasteiger partial charge is 0.486 e. The van der Waals surface area contributed by atoms with E-state index in [1.165, 1.54) is 12.1 Å². The maximum Gasteiger partial charge on any atom is 0.335 e. The van der Waals surface area contributed by atoms with Gasteiger partial charge in [0.2, 0.25) is 0 Å². The van der Waals surface area contributed by atoms with Gasteiger partial charge in [-0.05, 0) is 30.3 Å². The van der Waals surface area contributed by atoms with Crippen LogP contribution in [0.15, 0.2) is 36.4 Å². The average molecular weight is 315 g/mol. The van der Waals surface area contributed by atoms with Gasteiger partial charge in [-0.15, -0.1) is 0 Å². The van der Waals surface area contributed by atoms with Crippen molar-refractivity contribution in [2.75, 3.05) is 0 Å². The van der Waals surface area contributed by atoms with Gasteiger partial charge in [0, 0.05) is 15.6 Å². The highest BCUT2D eigenvalue weighted by Crippen LogP contribution is 2.27. The molecule has 0 spiro atoms. The van der Waals surface area contributed by atoms with E-state index in [0.29, 0.717) is 15.6 Å². The van der Waals surface area contributed by atoms with E-state index in [-0.39, 0.29) is 17.9 Å². The van der Waals surface area contributed by atoms with Gasteiger partial charge in [-0.3, -0.25) is 0 Å². The van der Waals surface area contributed by atoms with E-state index in [4.69, 9.17) is 33.0 Å². The molecule has 20 heavy (non-hydrogen) atoms. The maximum atomic E-state index is 13.7. The third kappa shape index (κ3) is 3.21. The van der Waals surface area contributed by atoms with E-state index >= 15 is 0 Å². The fraction of sp³-hybridized carbons (Fsp3) is 0.0714. The molecule has 0 fully saturated rings. The van der Waals surface area contributed by atoms with Gasteiger partial charge < -0.3 is 9.84 Å². The van der Waals surface area contributed by atoms with Gasteiger partial charge >= 0.3 is 5.97 Å². The van der Waals surface area contributed by atoms with Gasteiger partial charge in [0.15, 0.2) is 11.6 Å². The molecule has 2 aromatic carbocycles. The Kier molecular flexibility index (Phi) is 4.47. The number of carboxylic acids is 1. The Bertz CT molecular complexity index is 639. The molecule has 0 bridgehead atoms. The minimum atomic E-state index is -1.20. The molecule has 3 nitrogen and oxygen atoms in total. The number of benzene rings is 2. The predicted molar refractivity (Wildman–Crippen MR) is 74.2 cm³/mol. The minimum Gasteiger partial charge on any atom is -0.486 e. The molecular weight excluding hydrogens is 306 g/mol. The molecule has 0 aliphatic heterocycles. The molecule has 0 atom stereocenters. The quantitative estimate of drug-likeness (QED) is 0.909. The van der Waals surface area contributed by atoms with Gasteiger partial charge in [0.1, 0.15) is 6.61 Å². The van der Waals surface area contributed by atoms with Crippen LogP contribution in [0, 0.1) is 5.82 Å². The Labute approximate surface area is 124 Å². The highest BCUT2D eigenvalue weighted by atomic mass is 35.5. The van der Waals surface area contributed by atoms with Crippen LogP contribution in [0.2, 0.25) is 10.0 Å². The van der Waals surface area contributed by atoms with E-state index in [9.17, 15) is 9.18 Å². The summed E-state index contributed by atoms with van der Waals surface area (Å²) < 4.78 is 18.9. The van der Waals surface area contributed by atoms with Crippen molar-refractivity contribution in [3.8, 4) is 5.75 Å². The van der Waals surface area contributed by atoms with Crippen LogP contribution in [0.5, 0.6) is 5.75 Å². The Morgan fingerprint density at radius 3 is 2.40 bits per heavy atom. The lowest BCUT2D eigenvalue weighted by Crippen LogP contribution is -2.01. The fourth-order valence-electron chi connectivity index (χ4n) is 1.57. The third-order valence-electron chi connectivity index (χ3n) is 2.61. The summed E-state index contributed by atoms with van der Waals surface area (Å²) in [5.41, 5.74) is 0.392. The summed E-state index contributed by atoms with van der Waals surface area (Å²) in [4.78, 5) is 10.7. The highest BCUT2D eigenvalue weighted by Gasteiger charge is 2.11. The molecule has 1 N–H and O–H groups in total. The Morgan fingerprint density at radius 2 is 1.85 bits per heavy atom. The van der Waals surface area contributed by atoms with Crippen LogP contribution < -0.4 is 4.74 Å². The molecule has 0 aliphatic carbocycles. The monoisotopic (exact) mass is 314 g/mol. The van der Waals surface area contributed by atoms with Crippen molar-refractivity contribution in [2.24, 2.45) is 0 Å². The highest BCUT2D eigenvalue weighted by molar-refractivity contribution is 6.35. The maximum absolute atomic E-state index is 13.7. The van der Waals surface area contributed by atoms with Crippen LogP contribution >= 0.6 is 23.2 Å². The van der Waals surface area contributed by atoms with Crippen molar-refractivity contribution in [2.45, 2.75) is 6.61 Å². The molecule has 0 saturated carbocycles. The smallest absolute Gasteiger partial charge is 0.335 e. The second-order valence-electron chi connectivity index (χ2n) is 3.94. The van der Waals surface area contributed by atoms with Crippen LogP contribution in [0.25, 0.3) is 0 Å². The molecule has 0 aromatic heterocycles. The summed E-state index contributed by atoms with van der Waals surface area (Å²) in [6.45, 7) is -0.0121. The molecule has 0 radical (unpaired) electrons. The summed E-state index contributed by atoms with van der Waals surface area (Å²) in [5, 5.41) is 9.57. The first kappa shape index (κ1) is 14.6. The molecule has 2 aromatic rings.